The minimum atomic E-state index is -0.168. The number of hydrogen-bond donors (Lipinski definition) is 0. The average molecular weight is 348 g/mol. The fourth-order valence-corrected chi connectivity index (χ4v) is 3.36. The third kappa shape index (κ3) is 3.49. The van der Waals surface area contributed by atoms with Gasteiger partial charge in [-0.2, -0.15) is 0 Å². The molecule has 3 aromatic rings. The van der Waals surface area contributed by atoms with E-state index in [0.29, 0.717) is 12.5 Å². The Balaban J connectivity index is 1.41. The van der Waals surface area contributed by atoms with Gasteiger partial charge in [0.15, 0.2) is 0 Å². The molecule has 3 heterocycles. The smallest absolute Gasteiger partial charge is 0.311 e. The van der Waals surface area contributed by atoms with Gasteiger partial charge in [0.05, 0.1) is 11.4 Å². The van der Waals surface area contributed by atoms with Gasteiger partial charge in [-0.1, -0.05) is 24.3 Å². The summed E-state index contributed by atoms with van der Waals surface area (Å²) >= 11 is 0. The first-order valence-electron chi connectivity index (χ1n) is 8.82. The van der Waals surface area contributed by atoms with E-state index in [2.05, 4.69) is 19.9 Å². The van der Waals surface area contributed by atoms with Crippen LogP contribution >= 0.6 is 0 Å². The predicted octanol–water partition coefficient (Wildman–Crippen LogP) is 2.98. The van der Waals surface area contributed by atoms with E-state index in [0.717, 1.165) is 35.9 Å². The first-order chi connectivity index (χ1) is 12.8. The Labute approximate surface area is 151 Å². The monoisotopic (exact) mass is 348 g/mol. The molecule has 132 valence electrons. The molecule has 0 bridgehead atoms. The van der Waals surface area contributed by atoms with Crippen molar-refractivity contribution < 1.29 is 9.53 Å². The van der Waals surface area contributed by atoms with Gasteiger partial charge >= 0.3 is 5.97 Å². The van der Waals surface area contributed by atoms with Crippen molar-refractivity contribution in [1.82, 2.24) is 15.0 Å². The Morgan fingerprint density at radius 3 is 2.77 bits per heavy atom. The summed E-state index contributed by atoms with van der Waals surface area (Å²) in [5.41, 5.74) is 1.81. The second kappa shape index (κ2) is 7.47. The number of nitrogens with zero attached hydrogens (tertiary/aromatic N) is 4. The summed E-state index contributed by atoms with van der Waals surface area (Å²) in [6.45, 7) is 1.70. The van der Waals surface area contributed by atoms with Crippen LogP contribution in [0, 0.1) is 5.92 Å². The number of fused-ring (bicyclic) bond motifs is 1. The normalized spacial score (nSPS) is 17.2. The quantitative estimate of drug-likeness (QED) is 0.675. The highest BCUT2D eigenvalue weighted by Gasteiger charge is 2.28. The van der Waals surface area contributed by atoms with Gasteiger partial charge in [-0.05, 0) is 25.0 Å². The molecule has 4 rings (SSSR count). The lowest BCUT2D eigenvalue weighted by Gasteiger charge is -2.31. The molecule has 0 spiro atoms. The number of ether oxygens (including phenoxy) is 1. The Morgan fingerprint density at radius 2 is 1.88 bits per heavy atom. The Morgan fingerprint density at radius 1 is 1.08 bits per heavy atom. The number of rotatable bonds is 4. The van der Waals surface area contributed by atoms with Crippen molar-refractivity contribution in [1.29, 1.82) is 0 Å². The highest BCUT2D eigenvalue weighted by atomic mass is 16.5. The Kier molecular flexibility index (Phi) is 4.73. The number of aromatic nitrogens is 3. The molecule has 0 amide bonds. The van der Waals surface area contributed by atoms with E-state index >= 15 is 0 Å². The molecule has 0 saturated carbocycles. The van der Waals surface area contributed by atoms with Gasteiger partial charge in [0.2, 0.25) is 5.95 Å². The van der Waals surface area contributed by atoms with Crippen molar-refractivity contribution in [2.24, 2.45) is 5.92 Å². The van der Waals surface area contributed by atoms with Crippen molar-refractivity contribution in [3.05, 3.63) is 60.6 Å². The van der Waals surface area contributed by atoms with Crippen LogP contribution in [0.2, 0.25) is 0 Å². The zero-order valence-electron chi connectivity index (χ0n) is 14.4. The van der Waals surface area contributed by atoms with Gasteiger partial charge in [-0.25, -0.2) is 9.97 Å². The van der Waals surface area contributed by atoms with Crippen molar-refractivity contribution in [2.45, 2.75) is 19.4 Å². The molecule has 0 unspecified atom stereocenters. The zero-order chi connectivity index (χ0) is 17.8. The number of benzene rings is 1. The molecule has 1 aliphatic heterocycles. The summed E-state index contributed by atoms with van der Waals surface area (Å²) in [5, 5.41) is 1.05. The Bertz CT molecular complexity index is 895. The molecule has 0 N–H and O–H groups in total. The van der Waals surface area contributed by atoms with E-state index in [1.165, 1.54) is 0 Å². The highest BCUT2D eigenvalue weighted by Crippen LogP contribution is 2.22. The van der Waals surface area contributed by atoms with Gasteiger partial charge in [0, 0.05) is 42.6 Å². The van der Waals surface area contributed by atoms with Crippen LogP contribution in [-0.2, 0) is 16.1 Å². The molecular weight excluding hydrogens is 328 g/mol. The van der Waals surface area contributed by atoms with Crippen LogP contribution in [0.4, 0.5) is 5.95 Å². The number of carbonyl (C=O) groups is 1. The lowest BCUT2D eigenvalue weighted by atomic mass is 9.98. The molecular formula is C20H20N4O2. The largest absolute Gasteiger partial charge is 0.460 e. The lowest BCUT2D eigenvalue weighted by molar-refractivity contribution is -0.150. The molecule has 1 aliphatic rings. The Hall–Kier alpha value is -3.02. The van der Waals surface area contributed by atoms with E-state index in [4.69, 9.17) is 4.74 Å². The predicted molar refractivity (Wildman–Crippen MR) is 98.5 cm³/mol. The van der Waals surface area contributed by atoms with Gasteiger partial charge in [-0.15, -0.1) is 0 Å². The zero-order valence-corrected chi connectivity index (χ0v) is 14.4. The maximum atomic E-state index is 12.6. The van der Waals surface area contributed by atoms with Gasteiger partial charge in [0.1, 0.15) is 6.61 Å². The van der Waals surface area contributed by atoms with E-state index in [1.54, 1.807) is 24.7 Å². The molecule has 6 heteroatoms. The number of carbonyl (C=O) groups excluding carboxylic acids is 1. The van der Waals surface area contributed by atoms with Crippen LogP contribution in [0.25, 0.3) is 10.9 Å². The third-order valence-electron chi connectivity index (χ3n) is 4.68. The van der Waals surface area contributed by atoms with Gasteiger partial charge < -0.3 is 9.64 Å². The summed E-state index contributed by atoms with van der Waals surface area (Å²) in [5.74, 6) is 0.345. The fourth-order valence-electron chi connectivity index (χ4n) is 3.36. The number of pyridine rings is 1. The van der Waals surface area contributed by atoms with Crippen molar-refractivity contribution >= 4 is 22.8 Å². The summed E-state index contributed by atoms with van der Waals surface area (Å²) < 4.78 is 5.61. The number of esters is 1. The summed E-state index contributed by atoms with van der Waals surface area (Å²) in [6.07, 6.45) is 6.95. The van der Waals surface area contributed by atoms with Crippen LogP contribution in [0.5, 0.6) is 0 Å². The summed E-state index contributed by atoms with van der Waals surface area (Å²) in [6, 6.07) is 11.6. The third-order valence-corrected chi connectivity index (χ3v) is 4.68. The van der Waals surface area contributed by atoms with E-state index in [1.807, 2.05) is 30.3 Å². The van der Waals surface area contributed by atoms with Crippen molar-refractivity contribution in [3.63, 3.8) is 0 Å². The SMILES string of the molecule is O=C(OCc1cccc2cccnc12)[C@H]1CCCN(c2ncccn2)C1. The van der Waals surface area contributed by atoms with Crippen LogP contribution in [-0.4, -0.2) is 34.0 Å². The van der Waals surface area contributed by atoms with Crippen LogP contribution < -0.4 is 4.90 Å². The highest BCUT2D eigenvalue weighted by molar-refractivity contribution is 5.81. The fraction of sp³-hybridized carbons (Fsp3) is 0.300. The van der Waals surface area contributed by atoms with Gasteiger partial charge in [0.25, 0.3) is 0 Å². The molecule has 1 fully saturated rings. The van der Waals surface area contributed by atoms with E-state index in [9.17, 15) is 4.79 Å². The molecule has 2 aromatic heterocycles. The number of piperidine rings is 1. The standard InChI is InChI=1S/C20H20N4O2/c25-19(16-8-3-12-24(13-16)20-22-10-4-11-23-20)26-14-17-6-1-5-15-7-2-9-21-18(15)17/h1-2,4-7,9-11,16H,3,8,12-14H2/t16-/m0/s1. The molecule has 1 saturated heterocycles. The number of para-hydroxylation sites is 1. The summed E-state index contributed by atoms with van der Waals surface area (Å²) in [7, 11) is 0. The number of hydrogen-bond acceptors (Lipinski definition) is 6. The first-order valence-corrected chi connectivity index (χ1v) is 8.82. The number of anilines is 1. The minimum Gasteiger partial charge on any atom is -0.460 e. The van der Waals surface area contributed by atoms with Crippen molar-refractivity contribution in [3.8, 4) is 0 Å². The van der Waals surface area contributed by atoms with Gasteiger partial charge in [-0.3, -0.25) is 9.78 Å². The molecule has 1 atom stereocenters. The molecule has 26 heavy (non-hydrogen) atoms. The molecule has 6 nitrogen and oxygen atoms in total. The van der Waals surface area contributed by atoms with Crippen LogP contribution in [0.3, 0.4) is 0 Å². The van der Waals surface area contributed by atoms with Crippen LogP contribution in [0.15, 0.2) is 55.0 Å². The second-order valence-electron chi connectivity index (χ2n) is 6.43. The first kappa shape index (κ1) is 16.4. The summed E-state index contributed by atoms with van der Waals surface area (Å²) in [4.78, 5) is 27.6. The maximum absolute atomic E-state index is 12.6. The van der Waals surface area contributed by atoms with Crippen molar-refractivity contribution in [2.75, 3.05) is 18.0 Å². The maximum Gasteiger partial charge on any atom is 0.311 e. The molecule has 1 aromatic carbocycles. The van der Waals surface area contributed by atoms with Crippen LogP contribution in [0.1, 0.15) is 18.4 Å². The second-order valence-corrected chi connectivity index (χ2v) is 6.43. The van der Waals surface area contributed by atoms with E-state index < -0.39 is 0 Å². The molecule has 0 radical (unpaired) electrons. The minimum absolute atomic E-state index is 0.157. The molecule has 0 aliphatic carbocycles. The topological polar surface area (TPSA) is 68.2 Å². The average Bonchev–Trinajstić information content (AvgIpc) is 2.72. The van der Waals surface area contributed by atoms with E-state index in [-0.39, 0.29) is 18.5 Å². The lowest BCUT2D eigenvalue weighted by Crippen LogP contribution is -2.40.